The predicted octanol–water partition coefficient (Wildman–Crippen LogP) is 2.28. The van der Waals surface area contributed by atoms with Gasteiger partial charge in [0, 0.05) is 19.3 Å². The number of nitrogens with one attached hydrogen (secondary N) is 2. The number of imidazole rings is 1. The van der Waals surface area contributed by atoms with E-state index in [2.05, 4.69) is 25.6 Å². The Morgan fingerprint density at radius 1 is 1.21 bits per heavy atom. The van der Waals surface area contributed by atoms with Gasteiger partial charge in [-0.25, -0.2) is 14.4 Å². The van der Waals surface area contributed by atoms with Crippen LogP contribution in [-0.2, 0) is 5.60 Å². The largest absolute Gasteiger partial charge is 0.422 e. The van der Waals surface area contributed by atoms with E-state index < -0.39 is 29.7 Å². The molecule has 154 valence electrons. The normalized spacial score (nSPS) is 22.0. The SMILES string of the molecule is C[C@@](O)(c1cn2c(-c3cccc(N[C@H]4CNC[C@@H]4F)n3)cnc2cn1)C(F)(F)F. The molecule has 1 fully saturated rings. The molecule has 3 N–H and O–H groups in total. The summed E-state index contributed by atoms with van der Waals surface area (Å²) in [6, 6.07) is 4.63. The highest BCUT2D eigenvalue weighted by atomic mass is 19.4. The first-order valence-corrected chi connectivity index (χ1v) is 8.88. The second-order valence-electron chi connectivity index (χ2n) is 7.05. The van der Waals surface area contributed by atoms with Gasteiger partial charge in [-0.1, -0.05) is 6.07 Å². The van der Waals surface area contributed by atoms with Crippen molar-refractivity contribution in [2.24, 2.45) is 0 Å². The van der Waals surface area contributed by atoms with Crippen molar-refractivity contribution in [1.29, 1.82) is 0 Å². The summed E-state index contributed by atoms with van der Waals surface area (Å²) in [5.41, 5.74) is -2.56. The first-order valence-electron chi connectivity index (χ1n) is 8.88. The lowest BCUT2D eigenvalue weighted by molar-refractivity contribution is -0.260. The summed E-state index contributed by atoms with van der Waals surface area (Å²) in [6.45, 7) is 1.37. The second-order valence-corrected chi connectivity index (χ2v) is 7.05. The van der Waals surface area contributed by atoms with Crippen molar-refractivity contribution >= 4 is 11.5 Å². The fourth-order valence-corrected chi connectivity index (χ4v) is 3.11. The molecule has 29 heavy (non-hydrogen) atoms. The van der Waals surface area contributed by atoms with Crippen molar-refractivity contribution in [3.05, 3.63) is 42.5 Å². The van der Waals surface area contributed by atoms with Gasteiger partial charge in [-0.15, -0.1) is 0 Å². The molecule has 0 radical (unpaired) electrons. The Morgan fingerprint density at radius 2 is 2.00 bits per heavy atom. The molecule has 0 aliphatic carbocycles. The lowest BCUT2D eigenvalue weighted by Gasteiger charge is -2.25. The Labute approximate surface area is 162 Å². The van der Waals surface area contributed by atoms with Gasteiger partial charge < -0.3 is 15.7 Å². The molecular weight excluding hydrogens is 392 g/mol. The summed E-state index contributed by atoms with van der Waals surface area (Å²) >= 11 is 0. The summed E-state index contributed by atoms with van der Waals surface area (Å²) in [4.78, 5) is 12.3. The number of fused-ring (bicyclic) bond motifs is 1. The quantitative estimate of drug-likeness (QED) is 0.572. The van der Waals surface area contributed by atoms with Crippen LogP contribution < -0.4 is 10.6 Å². The fraction of sp³-hybridized carbons (Fsp3) is 0.389. The minimum atomic E-state index is -4.89. The molecule has 1 aliphatic rings. The van der Waals surface area contributed by atoms with Crippen LogP contribution in [0.4, 0.5) is 23.4 Å². The zero-order valence-corrected chi connectivity index (χ0v) is 15.3. The maximum Gasteiger partial charge on any atom is 0.422 e. The molecule has 0 saturated carbocycles. The lowest BCUT2D eigenvalue weighted by Crippen LogP contribution is -2.40. The van der Waals surface area contributed by atoms with Crippen molar-refractivity contribution in [2.45, 2.75) is 30.9 Å². The smallest absolute Gasteiger partial charge is 0.375 e. The zero-order valence-electron chi connectivity index (χ0n) is 15.3. The number of anilines is 1. The Bertz CT molecular complexity index is 1030. The van der Waals surface area contributed by atoms with Crippen molar-refractivity contribution in [3.8, 4) is 11.4 Å². The molecule has 1 aliphatic heterocycles. The van der Waals surface area contributed by atoms with Gasteiger partial charge in [0.15, 0.2) is 5.65 Å². The molecule has 4 rings (SSSR count). The molecule has 0 unspecified atom stereocenters. The van der Waals surface area contributed by atoms with Gasteiger partial charge in [0.05, 0.1) is 35.5 Å². The predicted molar refractivity (Wildman–Crippen MR) is 97.0 cm³/mol. The van der Waals surface area contributed by atoms with Crippen LogP contribution >= 0.6 is 0 Å². The zero-order chi connectivity index (χ0) is 20.8. The van der Waals surface area contributed by atoms with Gasteiger partial charge >= 0.3 is 6.18 Å². The number of alkyl halides is 4. The topological polar surface area (TPSA) is 87.4 Å². The molecule has 0 aromatic carbocycles. The molecule has 0 spiro atoms. The molecule has 3 atom stereocenters. The van der Waals surface area contributed by atoms with Crippen LogP contribution in [0.25, 0.3) is 17.0 Å². The first kappa shape index (κ1) is 19.5. The van der Waals surface area contributed by atoms with Gasteiger partial charge in [-0.2, -0.15) is 13.2 Å². The van der Waals surface area contributed by atoms with Crippen molar-refractivity contribution in [2.75, 3.05) is 18.4 Å². The van der Waals surface area contributed by atoms with E-state index >= 15 is 0 Å². The van der Waals surface area contributed by atoms with E-state index in [1.807, 2.05) is 0 Å². The minimum absolute atomic E-state index is 0.263. The number of pyridine rings is 1. The number of aromatic nitrogens is 4. The third kappa shape index (κ3) is 3.51. The van der Waals surface area contributed by atoms with Gasteiger partial charge in [0.25, 0.3) is 0 Å². The molecule has 3 aromatic heterocycles. The highest BCUT2D eigenvalue weighted by Gasteiger charge is 2.52. The van der Waals surface area contributed by atoms with Gasteiger partial charge in [0.2, 0.25) is 5.60 Å². The van der Waals surface area contributed by atoms with Crippen LogP contribution in [0, 0.1) is 0 Å². The van der Waals surface area contributed by atoms with E-state index in [1.54, 1.807) is 18.2 Å². The molecule has 0 bridgehead atoms. The van der Waals surface area contributed by atoms with Gasteiger partial charge in [-0.05, 0) is 19.1 Å². The number of aliphatic hydroxyl groups is 1. The van der Waals surface area contributed by atoms with Crippen LogP contribution in [0.3, 0.4) is 0 Å². The Balaban J connectivity index is 1.71. The van der Waals surface area contributed by atoms with E-state index in [1.165, 1.54) is 10.6 Å². The van der Waals surface area contributed by atoms with Crippen LogP contribution in [0.2, 0.25) is 0 Å². The Kier molecular flexibility index (Phi) is 4.66. The number of hydrogen-bond acceptors (Lipinski definition) is 6. The number of nitrogens with zero attached hydrogens (tertiary/aromatic N) is 4. The van der Waals surface area contributed by atoms with E-state index in [0.717, 1.165) is 12.4 Å². The number of halogens is 4. The minimum Gasteiger partial charge on any atom is -0.375 e. The molecular formula is C18H18F4N6O. The molecule has 3 aromatic rings. The van der Waals surface area contributed by atoms with Crippen molar-refractivity contribution in [3.63, 3.8) is 0 Å². The monoisotopic (exact) mass is 410 g/mol. The van der Waals surface area contributed by atoms with Crippen LogP contribution in [0.1, 0.15) is 12.6 Å². The van der Waals surface area contributed by atoms with E-state index in [-0.39, 0.29) is 6.54 Å². The molecule has 7 nitrogen and oxygen atoms in total. The van der Waals surface area contributed by atoms with Gasteiger partial charge in [0.1, 0.15) is 12.0 Å². The average Bonchev–Trinajstić information content (AvgIpc) is 3.27. The van der Waals surface area contributed by atoms with Crippen molar-refractivity contribution < 1.29 is 22.7 Å². The maximum atomic E-state index is 13.8. The first-order chi connectivity index (χ1) is 13.7. The van der Waals surface area contributed by atoms with Gasteiger partial charge in [-0.3, -0.25) is 9.38 Å². The molecule has 0 amide bonds. The van der Waals surface area contributed by atoms with E-state index in [0.29, 0.717) is 36.3 Å². The van der Waals surface area contributed by atoms with E-state index in [9.17, 15) is 22.7 Å². The van der Waals surface area contributed by atoms with Crippen LogP contribution in [0.15, 0.2) is 36.8 Å². The fourth-order valence-electron chi connectivity index (χ4n) is 3.11. The number of rotatable bonds is 4. The standard InChI is InChI=1S/C18H18F4N6O/c1-17(29,18(20,21)22)14-9-28-13(7-25-16(28)8-24-14)11-3-2-4-15(26-11)27-12-6-23-5-10(12)19/h2-4,7-10,12,23,29H,5-6H2,1H3,(H,26,27)/t10-,12-,17+/m0/s1. The summed E-state index contributed by atoms with van der Waals surface area (Å²) < 4.78 is 54.7. The highest BCUT2D eigenvalue weighted by Crippen LogP contribution is 2.37. The third-order valence-electron chi connectivity index (χ3n) is 4.93. The Hall–Kier alpha value is -2.79. The number of hydrogen-bond donors (Lipinski definition) is 3. The Morgan fingerprint density at radius 3 is 2.69 bits per heavy atom. The summed E-state index contributed by atoms with van der Waals surface area (Å²) in [6.07, 6.45) is -2.25. The third-order valence-corrected chi connectivity index (χ3v) is 4.93. The maximum absolute atomic E-state index is 13.8. The summed E-state index contributed by atoms with van der Waals surface area (Å²) in [5, 5.41) is 15.9. The van der Waals surface area contributed by atoms with Crippen molar-refractivity contribution in [1.82, 2.24) is 24.7 Å². The second kappa shape index (κ2) is 6.92. The lowest BCUT2D eigenvalue weighted by atomic mass is 10.0. The summed E-state index contributed by atoms with van der Waals surface area (Å²) in [7, 11) is 0. The highest BCUT2D eigenvalue weighted by molar-refractivity contribution is 5.61. The van der Waals surface area contributed by atoms with Crippen LogP contribution in [-0.4, -0.2) is 55.9 Å². The molecule has 1 saturated heterocycles. The van der Waals surface area contributed by atoms with E-state index in [4.69, 9.17) is 0 Å². The van der Waals surface area contributed by atoms with Crippen LogP contribution in [0.5, 0.6) is 0 Å². The molecule has 4 heterocycles. The summed E-state index contributed by atoms with van der Waals surface area (Å²) in [5.74, 6) is 0.436. The molecule has 11 heteroatoms. The average molecular weight is 410 g/mol.